The SMILES string of the molecule is C=CCn1c(SCC(=O)Nc2cccc(Cl)c2C)nnc1[C@H](C)NC(=O)c1cccc(C)c1. The molecule has 0 unspecified atom stereocenters. The summed E-state index contributed by atoms with van der Waals surface area (Å²) in [5.41, 5.74) is 3.08. The van der Waals surface area contributed by atoms with Crippen LogP contribution in [0.1, 0.15) is 40.3 Å². The van der Waals surface area contributed by atoms with Gasteiger partial charge in [0.15, 0.2) is 11.0 Å². The van der Waals surface area contributed by atoms with Gasteiger partial charge in [0.2, 0.25) is 5.91 Å². The van der Waals surface area contributed by atoms with Gasteiger partial charge in [0, 0.05) is 22.8 Å². The molecule has 0 bridgehead atoms. The van der Waals surface area contributed by atoms with Crippen molar-refractivity contribution in [2.75, 3.05) is 11.1 Å². The van der Waals surface area contributed by atoms with Crippen LogP contribution in [0.3, 0.4) is 0 Å². The van der Waals surface area contributed by atoms with E-state index in [-0.39, 0.29) is 23.6 Å². The van der Waals surface area contributed by atoms with Crippen LogP contribution in [-0.4, -0.2) is 32.3 Å². The molecule has 2 aromatic carbocycles. The lowest BCUT2D eigenvalue weighted by Crippen LogP contribution is -2.29. The predicted octanol–water partition coefficient (Wildman–Crippen LogP) is 4.96. The summed E-state index contributed by atoms with van der Waals surface area (Å²) in [6.45, 7) is 9.89. The maximum atomic E-state index is 12.6. The summed E-state index contributed by atoms with van der Waals surface area (Å²) in [4.78, 5) is 25.1. The van der Waals surface area contributed by atoms with E-state index in [0.717, 1.165) is 11.1 Å². The van der Waals surface area contributed by atoms with Crippen molar-refractivity contribution in [1.82, 2.24) is 20.1 Å². The average Bonchev–Trinajstić information content (AvgIpc) is 3.18. The molecular formula is C24H26ClN5O2S. The van der Waals surface area contributed by atoms with Gasteiger partial charge in [0.1, 0.15) is 0 Å². The van der Waals surface area contributed by atoms with E-state index >= 15 is 0 Å². The van der Waals surface area contributed by atoms with Crippen LogP contribution in [0.25, 0.3) is 0 Å². The predicted molar refractivity (Wildman–Crippen MR) is 133 cm³/mol. The number of rotatable bonds is 9. The summed E-state index contributed by atoms with van der Waals surface area (Å²) < 4.78 is 1.84. The standard InChI is InChI=1S/C24H26ClN5O2S/c1-5-12-30-22(17(4)26-23(32)18-9-6-8-15(2)13-18)28-29-24(30)33-14-21(31)27-20-11-7-10-19(25)16(20)3/h5-11,13,17H,1,12,14H2,2-4H3,(H,26,32)(H,27,31)/t17-/m0/s1. The number of amides is 2. The van der Waals surface area contributed by atoms with Crippen LogP contribution in [0.15, 0.2) is 60.3 Å². The van der Waals surface area contributed by atoms with Crippen molar-refractivity contribution in [3.63, 3.8) is 0 Å². The van der Waals surface area contributed by atoms with Crippen molar-refractivity contribution in [2.45, 2.75) is 38.5 Å². The molecule has 0 aliphatic heterocycles. The molecule has 0 aliphatic carbocycles. The Balaban J connectivity index is 1.68. The smallest absolute Gasteiger partial charge is 0.251 e. The molecule has 7 nitrogen and oxygen atoms in total. The van der Waals surface area contributed by atoms with E-state index < -0.39 is 0 Å². The number of nitrogens with one attached hydrogen (secondary N) is 2. The lowest BCUT2D eigenvalue weighted by Gasteiger charge is -2.15. The topological polar surface area (TPSA) is 88.9 Å². The van der Waals surface area contributed by atoms with Gasteiger partial charge in [-0.05, 0) is 50.6 Å². The van der Waals surface area contributed by atoms with Crippen molar-refractivity contribution >= 4 is 40.9 Å². The lowest BCUT2D eigenvalue weighted by atomic mass is 10.1. The molecule has 0 fully saturated rings. The zero-order valence-corrected chi connectivity index (χ0v) is 20.3. The molecule has 33 heavy (non-hydrogen) atoms. The minimum Gasteiger partial charge on any atom is -0.342 e. The second-order valence-corrected chi connectivity index (χ2v) is 8.90. The van der Waals surface area contributed by atoms with Crippen LogP contribution in [0, 0.1) is 13.8 Å². The van der Waals surface area contributed by atoms with Gasteiger partial charge in [0.05, 0.1) is 11.8 Å². The Labute approximate surface area is 202 Å². The fourth-order valence-corrected chi connectivity index (χ4v) is 4.15. The number of nitrogens with zero attached hydrogens (tertiary/aromatic N) is 3. The summed E-state index contributed by atoms with van der Waals surface area (Å²) in [5, 5.41) is 15.5. The molecule has 1 aromatic heterocycles. The van der Waals surface area contributed by atoms with Gasteiger partial charge in [-0.2, -0.15) is 0 Å². The summed E-state index contributed by atoms with van der Waals surface area (Å²) >= 11 is 7.39. The third-order valence-corrected chi connectivity index (χ3v) is 6.32. The average molecular weight is 484 g/mol. The first-order valence-electron chi connectivity index (χ1n) is 10.4. The van der Waals surface area contributed by atoms with E-state index in [1.807, 2.05) is 43.5 Å². The van der Waals surface area contributed by atoms with Gasteiger partial charge in [-0.15, -0.1) is 16.8 Å². The molecule has 0 saturated carbocycles. The molecule has 0 saturated heterocycles. The summed E-state index contributed by atoms with van der Waals surface area (Å²) in [6, 6.07) is 12.4. The minimum absolute atomic E-state index is 0.144. The highest BCUT2D eigenvalue weighted by atomic mass is 35.5. The Morgan fingerprint density at radius 1 is 1.21 bits per heavy atom. The monoisotopic (exact) mass is 483 g/mol. The molecule has 3 aromatic rings. The lowest BCUT2D eigenvalue weighted by molar-refractivity contribution is -0.113. The van der Waals surface area contributed by atoms with Gasteiger partial charge >= 0.3 is 0 Å². The van der Waals surface area contributed by atoms with Crippen molar-refractivity contribution in [3.05, 3.63) is 82.7 Å². The van der Waals surface area contributed by atoms with E-state index in [0.29, 0.717) is 33.8 Å². The van der Waals surface area contributed by atoms with Gasteiger partial charge < -0.3 is 15.2 Å². The number of aryl methyl sites for hydroxylation is 1. The van der Waals surface area contributed by atoms with Crippen LogP contribution >= 0.6 is 23.4 Å². The second-order valence-electron chi connectivity index (χ2n) is 7.55. The number of carbonyl (C=O) groups excluding carboxylic acids is 2. The highest BCUT2D eigenvalue weighted by Gasteiger charge is 2.20. The van der Waals surface area contributed by atoms with E-state index in [1.54, 1.807) is 30.3 Å². The minimum atomic E-state index is -0.386. The van der Waals surface area contributed by atoms with Gasteiger partial charge in [-0.1, -0.05) is 53.2 Å². The number of hydrogen-bond acceptors (Lipinski definition) is 5. The Morgan fingerprint density at radius 3 is 2.70 bits per heavy atom. The molecular weight excluding hydrogens is 458 g/mol. The van der Waals surface area contributed by atoms with Gasteiger partial charge in [-0.25, -0.2) is 0 Å². The van der Waals surface area contributed by atoms with Crippen LogP contribution in [0.2, 0.25) is 5.02 Å². The highest BCUT2D eigenvalue weighted by Crippen LogP contribution is 2.24. The van der Waals surface area contributed by atoms with E-state index in [9.17, 15) is 9.59 Å². The third-order valence-electron chi connectivity index (χ3n) is 4.95. The third kappa shape index (κ3) is 6.24. The summed E-state index contributed by atoms with van der Waals surface area (Å²) in [6.07, 6.45) is 1.72. The number of halogens is 1. The maximum Gasteiger partial charge on any atom is 0.251 e. The Kier molecular flexibility index (Phi) is 8.30. The molecule has 3 rings (SSSR count). The van der Waals surface area contributed by atoms with Crippen LogP contribution < -0.4 is 10.6 Å². The number of thioether (sulfide) groups is 1. The summed E-state index contributed by atoms with van der Waals surface area (Å²) in [5.74, 6) is 0.362. The number of allylic oxidation sites excluding steroid dienone is 1. The Morgan fingerprint density at radius 2 is 1.97 bits per heavy atom. The fraction of sp³-hybridized carbons (Fsp3) is 0.250. The number of anilines is 1. The van der Waals surface area contributed by atoms with Crippen LogP contribution in [0.5, 0.6) is 0 Å². The fourth-order valence-electron chi connectivity index (χ4n) is 3.22. The van der Waals surface area contributed by atoms with E-state index in [4.69, 9.17) is 11.6 Å². The zero-order valence-electron chi connectivity index (χ0n) is 18.8. The van der Waals surface area contributed by atoms with Crippen LogP contribution in [0.4, 0.5) is 5.69 Å². The first-order valence-corrected chi connectivity index (χ1v) is 11.8. The number of aromatic nitrogens is 3. The van der Waals surface area contributed by atoms with Crippen molar-refractivity contribution in [3.8, 4) is 0 Å². The van der Waals surface area contributed by atoms with Crippen LogP contribution in [-0.2, 0) is 11.3 Å². The molecule has 2 amide bonds. The molecule has 9 heteroatoms. The molecule has 0 aliphatic rings. The van der Waals surface area contributed by atoms with Crippen molar-refractivity contribution in [1.29, 1.82) is 0 Å². The Hall–Kier alpha value is -3.10. The Bertz CT molecular complexity index is 1180. The number of benzene rings is 2. The first kappa shape index (κ1) is 24.5. The zero-order chi connectivity index (χ0) is 24.0. The normalized spacial score (nSPS) is 11.6. The summed E-state index contributed by atoms with van der Waals surface area (Å²) in [7, 11) is 0. The molecule has 0 radical (unpaired) electrons. The van der Waals surface area contributed by atoms with Gasteiger partial charge in [0.25, 0.3) is 5.91 Å². The first-order chi connectivity index (χ1) is 15.8. The van der Waals surface area contributed by atoms with E-state index in [2.05, 4.69) is 27.4 Å². The van der Waals surface area contributed by atoms with Crippen molar-refractivity contribution in [2.24, 2.45) is 0 Å². The number of hydrogen-bond donors (Lipinski definition) is 2. The second kappa shape index (κ2) is 11.2. The van der Waals surface area contributed by atoms with Crippen molar-refractivity contribution < 1.29 is 9.59 Å². The van der Waals surface area contributed by atoms with Gasteiger partial charge in [-0.3, -0.25) is 9.59 Å². The largest absolute Gasteiger partial charge is 0.342 e. The molecule has 1 heterocycles. The molecule has 1 atom stereocenters. The molecule has 0 spiro atoms. The quantitative estimate of drug-likeness (QED) is 0.332. The maximum absolute atomic E-state index is 12.6. The molecule has 172 valence electrons. The molecule has 2 N–H and O–H groups in total. The highest BCUT2D eigenvalue weighted by molar-refractivity contribution is 7.99. The van der Waals surface area contributed by atoms with E-state index in [1.165, 1.54) is 11.8 Å². The number of carbonyl (C=O) groups is 2.